The Morgan fingerprint density at radius 3 is 2.57 bits per heavy atom. The fourth-order valence-corrected chi connectivity index (χ4v) is 3.70. The van der Waals surface area contributed by atoms with E-state index in [2.05, 4.69) is 20.4 Å². The van der Waals surface area contributed by atoms with Crippen molar-refractivity contribution in [2.45, 2.75) is 19.2 Å². The molecular formula is C24H20F4N6O3. The van der Waals surface area contributed by atoms with Gasteiger partial charge in [-0.25, -0.2) is 19.2 Å². The molecule has 2 heterocycles. The van der Waals surface area contributed by atoms with Crippen LogP contribution in [-0.4, -0.2) is 46.9 Å². The number of carbonyl (C=O) groups excluding carboxylic acids is 2. The van der Waals surface area contributed by atoms with E-state index in [1.807, 2.05) is 0 Å². The van der Waals surface area contributed by atoms with Gasteiger partial charge in [-0.3, -0.25) is 9.69 Å². The van der Waals surface area contributed by atoms with Gasteiger partial charge in [-0.05, 0) is 29.8 Å². The lowest BCUT2D eigenvalue weighted by Crippen LogP contribution is -2.33. The summed E-state index contributed by atoms with van der Waals surface area (Å²) in [6.07, 6.45) is -4.92. The van der Waals surface area contributed by atoms with Crippen LogP contribution in [0.3, 0.4) is 0 Å². The first-order valence-corrected chi connectivity index (χ1v) is 10.9. The zero-order valence-electron chi connectivity index (χ0n) is 19.3. The molecule has 0 aliphatic carbocycles. The van der Waals surface area contributed by atoms with Gasteiger partial charge in [-0.1, -0.05) is 24.3 Å². The van der Waals surface area contributed by atoms with Crippen LogP contribution < -0.4 is 16.1 Å². The molecule has 1 aliphatic rings. The van der Waals surface area contributed by atoms with Crippen LogP contribution in [-0.2, 0) is 15.7 Å². The molecule has 1 atom stereocenters. The van der Waals surface area contributed by atoms with Crippen LogP contribution in [0.25, 0.3) is 11.1 Å². The van der Waals surface area contributed by atoms with Crippen molar-refractivity contribution in [2.24, 2.45) is 10.9 Å². The van der Waals surface area contributed by atoms with Crippen molar-refractivity contribution in [3.8, 4) is 11.1 Å². The summed E-state index contributed by atoms with van der Waals surface area (Å²) in [5.74, 6) is 4.22. The summed E-state index contributed by atoms with van der Waals surface area (Å²) >= 11 is 0. The van der Waals surface area contributed by atoms with Crippen LogP contribution in [0.15, 0.2) is 59.8 Å². The molecular weight excluding hydrogens is 496 g/mol. The van der Waals surface area contributed by atoms with E-state index in [-0.39, 0.29) is 41.8 Å². The Kier molecular flexibility index (Phi) is 7.05. The van der Waals surface area contributed by atoms with E-state index in [0.29, 0.717) is 11.1 Å². The maximum absolute atomic E-state index is 15.0. The Morgan fingerprint density at radius 2 is 1.95 bits per heavy atom. The van der Waals surface area contributed by atoms with Gasteiger partial charge in [0.25, 0.3) is 0 Å². The van der Waals surface area contributed by atoms with Gasteiger partial charge in [0.15, 0.2) is 5.82 Å². The topological polar surface area (TPSA) is 123 Å². The second-order valence-corrected chi connectivity index (χ2v) is 8.04. The normalized spacial score (nSPS) is 16.0. The number of rotatable bonds is 6. The summed E-state index contributed by atoms with van der Waals surface area (Å²) < 4.78 is 59.2. The van der Waals surface area contributed by atoms with Crippen LogP contribution in [0, 0.1) is 5.82 Å². The Labute approximate surface area is 208 Å². The number of amides is 2. The molecule has 9 nitrogen and oxygen atoms in total. The third-order valence-electron chi connectivity index (χ3n) is 5.47. The average molecular weight is 516 g/mol. The fraction of sp³-hybridized carbons (Fsp3) is 0.208. The number of nitrogens with two attached hydrogens (primary N) is 1. The number of hydrazone groups is 1. The number of ether oxygens (including phenoxy) is 1. The molecule has 0 spiro atoms. The molecule has 4 rings (SSSR count). The van der Waals surface area contributed by atoms with Crippen molar-refractivity contribution in [1.29, 1.82) is 0 Å². The van der Waals surface area contributed by atoms with Crippen LogP contribution in [0.1, 0.15) is 24.0 Å². The second kappa shape index (κ2) is 10.2. The van der Waals surface area contributed by atoms with Crippen molar-refractivity contribution >= 4 is 23.4 Å². The van der Waals surface area contributed by atoms with Gasteiger partial charge in [0, 0.05) is 24.2 Å². The number of aromatic nitrogens is 2. The van der Waals surface area contributed by atoms with Crippen molar-refractivity contribution in [3.63, 3.8) is 0 Å². The lowest BCUT2D eigenvalue weighted by molar-refractivity contribution is -0.141. The molecule has 13 heteroatoms. The van der Waals surface area contributed by atoms with Crippen molar-refractivity contribution in [3.05, 3.63) is 77.6 Å². The van der Waals surface area contributed by atoms with Crippen molar-refractivity contribution in [1.82, 2.24) is 15.3 Å². The predicted octanol–water partition coefficient (Wildman–Crippen LogP) is 3.47. The predicted molar refractivity (Wildman–Crippen MR) is 125 cm³/mol. The SMILES string of the molecule is CC(=O)NC[C@H]1CN(c2ccc(-c3ccc(C(=NN)c4nccc(C(F)(F)F)n4)cc3)c(F)c2)C(=O)O1. The number of hydrogen-bond donors (Lipinski definition) is 2. The number of hydrogen-bond acceptors (Lipinski definition) is 7. The van der Waals surface area contributed by atoms with Crippen LogP contribution in [0.5, 0.6) is 0 Å². The second-order valence-electron chi connectivity index (χ2n) is 8.04. The highest BCUT2D eigenvalue weighted by Gasteiger charge is 2.34. The maximum atomic E-state index is 15.0. The number of alkyl halides is 3. The van der Waals surface area contributed by atoms with Gasteiger partial charge < -0.3 is 15.9 Å². The molecule has 1 saturated heterocycles. The average Bonchev–Trinajstić information content (AvgIpc) is 3.24. The third-order valence-corrected chi connectivity index (χ3v) is 5.47. The number of cyclic esters (lactones) is 1. The molecule has 3 aromatic rings. The molecule has 192 valence electrons. The number of halogens is 4. The zero-order chi connectivity index (χ0) is 26.7. The summed E-state index contributed by atoms with van der Waals surface area (Å²) in [5.41, 5.74) is 0.0801. The van der Waals surface area contributed by atoms with Gasteiger partial charge in [-0.15, -0.1) is 0 Å². The first-order chi connectivity index (χ1) is 17.6. The van der Waals surface area contributed by atoms with E-state index in [1.165, 1.54) is 36.1 Å². The largest absolute Gasteiger partial charge is 0.442 e. The Hall–Kier alpha value is -4.55. The highest BCUT2D eigenvalue weighted by atomic mass is 19.4. The van der Waals surface area contributed by atoms with Gasteiger partial charge in [0.05, 0.1) is 18.8 Å². The first-order valence-electron chi connectivity index (χ1n) is 10.9. The molecule has 3 N–H and O–H groups in total. The summed E-state index contributed by atoms with van der Waals surface area (Å²) in [7, 11) is 0. The first kappa shape index (κ1) is 25.5. The molecule has 2 amide bonds. The van der Waals surface area contributed by atoms with Crippen molar-refractivity contribution in [2.75, 3.05) is 18.0 Å². The minimum Gasteiger partial charge on any atom is -0.442 e. The van der Waals surface area contributed by atoms with Crippen LogP contribution >= 0.6 is 0 Å². The minimum atomic E-state index is -4.66. The molecule has 1 aliphatic heterocycles. The standard InChI is InChI=1S/C24H20F4N6O3/c1-13(35)31-11-17-12-34(23(36)37-17)16-6-7-18(19(25)10-16)14-2-4-15(5-3-14)21(33-29)22-30-9-8-20(32-22)24(26,27)28/h2-10,17H,11-12,29H2,1H3,(H,31,35)/t17-/m0/s1. The molecule has 1 fully saturated rings. The summed E-state index contributed by atoms with van der Waals surface area (Å²) in [5, 5.41) is 6.11. The third kappa shape index (κ3) is 5.66. The van der Waals surface area contributed by atoms with Gasteiger partial charge in [0.1, 0.15) is 23.3 Å². The van der Waals surface area contributed by atoms with Gasteiger partial charge in [0.2, 0.25) is 5.91 Å². The summed E-state index contributed by atoms with van der Waals surface area (Å²) in [4.78, 5) is 31.9. The molecule has 0 bridgehead atoms. The van der Waals surface area contributed by atoms with Crippen LogP contribution in [0.2, 0.25) is 0 Å². The van der Waals surface area contributed by atoms with Gasteiger partial charge in [-0.2, -0.15) is 18.3 Å². The van der Waals surface area contributed by atoms with Gasteiger partial charge >= 0.3 is 12.3 Å². The molecule has 2 aromatic carbocycles. The van der Waals surface area contributed by atoms with E-state index in [1.54, 1.807) is 18.2 Å². The molecule has 37 heavy (non-hydrogen) atoms. The quantitative estimate of drug-likeness (QED) is 0.224. The number of nitrogens with zero attached hydrogens (tertiary/aromatic N) is 4. The number of nitrogens with one attached hydrogen (secondary N) is 1. The van der Waals surface area contributed by atoms with E-state index in [9.17, 15) is 22.8 Å². The Bertz CT molecular complexity index is 1360. The molecule has 1 aromatic heterocycles. The van der Waals surface area contributed by atoms with E-state index in [0.717, 1.165) is 12.3 Å². The number of anilines is 1. The van der Waals surface area contributed by atoms with Crippen LogP contribution in [0.4, 0.5) is 28.0 Å². The Morgan fingerprint density at radius 1 is 1.22 bits per heavy atom. The highest BCUT2D eigenvalue weighted by molar-refractivity contribution is 6.10. The van der Waals surface area contributed by atoms with Crippen molar-refractivity contribution < 1.29 is 31.9 Å². The monoisotopic (exact) mass is 516 g/mol. The van der Waals surface area contributed by atoms with E-state index in [4.69, 9.17) is 10.6 Å². The fourth-order valence-electron chi connectivity index (χ4n) is 3.70. The lowest BCUT2D eigenvalue weighted by atomic mass is 10.0. The van der Waals surface area contributed by atoms with E-state index < -0.39 is 29.9 Å². The lowest BCUT2D eigenvalue weighted by Gasteiger charge is -2.15. The summed E-state index contributed by atoms with van der Waals surface area (Å²) in [6, 6.07) is 11.1. The number of benzene rings is 2. The maximum Gasteiger partial charge on any atom is 0.433 e. The summed E-state index contributed by atoms with van der Waals surface area (Å²) in [6.45, 7) is 1.63. The molecule has 0 unspecified atom stereocenters. The highest BCUT2D eigenvalue weighted by Crippen LogP contribution is 2.30. The zero-order valence-corrected chi connectivity index (χ0v) is 19.3. The Balaban J connectivity index is 1.53. The minimum absolute atomic E-state index is 0.0742. The molecule has 0 radical (unpaired) electrons. The number of carbonyl (C=O) groups is 2. The van der Waals surface area contributed by atoms with E-state index >= 15 is 4.39 Å². The smallest absolute Gasteiger partial charge is 0.433 e. The molecule has 0 saturated carbocycles.